The Hall–Kier alpha value is -2.11. The SMILES string of the molecule is CC(C)(C)CC(CNC(=O)c1ccc(=O)oc1)C(=O)O. The fourth-order valence-electron chi connectivity index (χ4n) is 1.79. The van der Waals surface area contributed by atoms with Gasteiger partial charge in [-0.25, -0.2) is 4.79 Å². The van der Waals surface area contributed by atoms with Crippen LogP contribution >= 0.6 is 0 Å². The van der Waals surface area contributed by atoms with Gasteiger partial charge in [-0.05, 0) is 17.9 Å². The first-order valence-corrected chi connectivity index (χ1v) is 6.29. The summed E-state index contributed by atoms with van der Waals surface area (Å²) >= 11 is 0. The van der Waals surface area contributed by atoms with E-state index in [-0.39, 0.29) is 17.5 Å². The summed E-state index contributed by atoms with van der Waals surface area (Å²) in [5.41, 5.74) is -0.505. The van der Waals surface area contributed by atoms with Crippen molar-refractivity contribution in [3.63, 3.8) is 0 Å². The maximum Gasteiger partial charge on any atom is 0.335 e. The summed E-state index contributed by atoms with van der Waals surface area (Å²) < 4.78 is 4.58. The molecule has 0 aliphatic rings. The van der Waals surface area contributed by atoms with Gasteiger partial charge < -0.3 is 14.8 Å². The molecule has 0 spiro atoms. The van der Waals surface area contributed by atoms with Gasteiger partial charge in [0, 0.05) is 12.6 Å². The molecule has 2 N–H and O–H groups in total. The standard InChI is InChI=1S/C14H19NO5/c1-14(2,3)6-10(13(18)19)7-15-12(17)9-4-5-11(16)20-8-9/h4-5,8,10H,6-7H2,1-3H3,(H,15,17)(H,18,19). The molecule has 6 heteroatoms. The highest BCUT2D eigenvalue weighted by Crippen LogP contribution is 2.24. The highest BCUT2D eigenvalue weighted by molar-refractivity contribution is 5.93. The predicted molar refractivity (Wildman–Crippen MR) is 72.5 cm³/mol. The van der Waals surface area contributed by atoms with Gasteiger partial charge in [-0.1, -0.05) is 20.8 Å². The van der Waals surface area contributed by atoms with E-state index in [9.17, 15) is 14.4 Å². The summed E-state index contributed by atoms with van der Waals surface area (Å²) in [6.45, 7) is 5.86. The molecule has 0 bridgehead atoms. The molecule has 1 aromatic heterocycles. The van der Waals surface area contributed by atoms with E-state index in [4.69, 9.17) is 5.11 Å². The Morgan fingerprint density at radius 1 is 1.35 bits per heavy atom. The van der Waals surface area contributed by atoms with Crippen molar-refractivity contribution in [3.8, 4) is 0 Å². The number of carboxylic acid groups (broad SMARTS) is 1. The third-order valence-electron chi connectivity index (χ3n) is 2.68. The van der Waals surface area contributed by atoms with Crippen molar-refractivity contribution in [2.24, 2.45) is 11.3 Å². The Bertz CT molecular complexity index is 521. The molecule has 1 aromatic rings. The van der Waals surface area contributed by atoms with Crippen molar-refractivity contribution in [2.45, 2.75) is 27.2 Å². The summed E-state index contributed by atoms with van der Waals surface area (Å²) in [4.78, 5) is 33.7. The van der Waals surface area contributed by atoms with Gasteiger partial charge in [-0.2, -0.15) is 0 Å². The maximum absolute atomic E-state index is 11.8. The normalized spacial score (nSPS) is 12.8. The van der Waals surface area contributed by atoms with Crippen molar-refractivity contribution >= 4 is 11.9 Å². The fraction of sp³-hybridized carbons (Fsp3) is 0.500. The highest BCUT2D eigenvalue weighted by atomic mass is 16.4. The molecule has 1 unspecified atom stereocenters. The molecule has 0 saturated carbocycles. The molecule has 0 aliphatic heterocycles. The van der Waals surface area contributed by atoms with Crippen LogP contribution in [0.1, 0.15) is 37.6 Å². The van der Waals surface area contributed by atoms with Crippen LogP contribution in [0.4, 0.5) is 0 Å². The minimum absolute atomic E-state index is 0.0323. The molecular weight excluding hydrogens is 262 g/mol. The lowest BCUT2D eigenvalue weighted by atomic mass is 9.84. The number of amides is 1. The van der Waals surface area contributed by atoms with Crippen LogP contribution in [0.25, 0.3) is 0 Å². The first kappa shape index (κ1) is 15.9. The highest BCUT2D eigenvalue weighted by Gasteiger charge is 2.25. The van der Waals surface area contributed by atoms with Crippen molar-refractivity contribution in [1.82, 2.24) is 5.32 Å². The summed E-state index contributed by atoms with van der Waals surface area (Å²) in [6.07, 6.45) is 1.50. The van der Waals surface area contributed by atoms with Crippen LogP contribution in [0.15, 0.2) is 27.6 Å². The Morgan fingerprint density at radius 2 is 2.00 bits per heavy atom. The van der Waals surface area contributed by atoms with Crippen molar-refractivity contribution < 1.29 is 19.1 Å². The zero-order valence-corrected chi connectivity index (χ0v) is 11.8. The summed E-state index contributed by atoms with van der Waals surface area (Å²) in [6, 6.07) is 2.47. The van der Waals surface area contributed by atoms with E-state index in [1.165, 1.54) is 6.07 Å². The van der Waals surface area contributed by atoms with Crippen molar-refractivity contribution in [1.29, 1.82) is 0 Å². The molecular formula is C14H19NO5. The van der Waals surface area contributed by atoms with Crippen molar-refractivity contribution in [2.75, 3.05) is 6.54 Å². The molecule has 0 fully saturated rings. The molecule has 110 valence electrons. The van der Waals surface area contributed by atoms with E-state index in [0.717, 1.165) is 12.3 Å². The summed E-state index contributed by atoms with van der Waals surface area (Å²) in [7, 11) is 0. The van der Waals surface area contributed by atoms with Gasteiger partial charge in [0.05, 0.1) is 11.5 Å². The Labute approximate surface area is 116 Å². The molecule has 0 aliphatic carbocycles. The Kier molecular flexibility index (Phi) is 5.07. The van der Waals surface area contributed by atoms with Gasteiger partial charge in [-0.3, -0.25) is 9.59 Å². The van der Waals surface area contributed by atoms with Gasteiger partial charge in [0.2, 0.25) is 0 Å². The fourth-order valence-corrected chi connectivity index (χ4v) is 1.79. The molecule has 20 heavy (non-hydrogen) atoms. The van der Waals surface area contributed by atoms with Gasteiger partial charge in [-0.15, -0.1) is 0 Å². The van der Waals surface area contributed by atoms with Crippen LogP contribution in [0.3, 0.4) is 0 Å². The number of hydrogen-bond acceptors (Lipinski definition) is 4. The molecule has 6 nitrogen and oxygen atoms in total. The number of nitrogens with one attached hydrogen (secondary N) is 1. The number of aliphatic carboxylic acids is 1. The number of carboxylic acids is 1. The Morgan fingerprint density at radius 3 is 2.45 bits per heavy atom. The number of carbonyl (C=O) groups is 2. The zero-order valence-electron chi connectivity index (χ0n) is 11.8. The van der Waals surface area contributed by atoms with Crippen molar-refractivity contribution in [3.05, 3.63) is 34.4 Å². The molecule has 0 saturated heterocycles. The monoisotopic (exact) mass is 281 g/mol. The van der Waals surface area contributed by atoms with Gasteiger partial charge in [0.1, 0.15) is 6.26 Å². The minimum atomic E-state index is -0.945. The average Bonchev–Trinajstić information content (AvgIpc) is 2.33. The quantitative estimate of drug-likeness (QED) is 0.852. The lowest BCUT2D eigenvalue weighted by Gasteiger charge is -2.23. The van der Waals surface area contributed by atoms with Crippen LogP contribution in [0.5, 0.6) is 0 Å². The van der Waals surface area contributed by atoms with E-state index in [2.05, 4.69) is 9.73 Å². The molecule has 1 amide bonds. The molecule has 1 atom stereocenters. The number of rotatable bonds is 5. The molecule has 0 radical (unpaired) electrons. The van der Waals surface area contributed by atoms with E-state index >= 15 is 0 Å². The van der Waals surface area contributed by atoms with E-state index in [1.54, 1.807) is 0 Å². The molecule has 1 heterocycles. The lowest BCUT2D eigenvalue weighted by Crippen LogP contribution is -2.35. The topological polar surface area (TPSA) is 96.6 Å². The van der Waals surface area contributed by atoms with Gasteiger partial charge in [0.15, 0.2) is 0 Å². The second-order valence-corrected chi connectivity index (χ2v) is 5.85. The zero-order chi connectivity index (χ0) is 15.3. The average molecular weight is 281 g/mol. The van der Waals surface area contributed by atoms with Crippen LogP contribution in [-0.4, -0.2) is 23.5 Å². The van der Waals surface area contributed by atoms with Gasteiger partial charge in [0.25, 0.3) is 5.91 Å². The van der Waals surface area contributed by atoms with E-state index in [1.807, 2.05) is 20.8 Å². The predicted octanol–water partition coefficient (Wildman–Crippen LogP) is 1.51. The number of hydrogen-bond donors (Lipinski definition) is 2. The third kappa shape index (κ3) is 5.26. The first-order valence-electron chi connectivity index (χ1n) is 6.29. The van der Waals surface area contributed by atoms with Crippen LogP contribution < -0.4 is 10.9 Å². The van der Waals surface area contributed by atoms with E-state index in [0.29, 0.717) is 6.42 Å². The molecule has 1 rings (SSSR count). The van der Waals surface area contributed by atoms with E-state index < -0.39 is 23.4 Å². The second-order valence-electron chi connectivity index (χ2n) is 5.85. The maximum atomic E-state index is 11.8. The Balaban J connectivity index is 2.63. The van der Waals surface area contributed by atoms with Gasteiger partial charge >= 0.3 is 11.6 Å². The summed E-state index contributed by atoms with van der Waals surface area (Å²) in [5.74, 6) is -2.07. The first-order chi connectivity index (χ1) is 9.19. The second kappa shape index (κ2) is 6.36. The number of carbonyl (C=O) groups excluding carboxylic acids is 1. The third-order valence-corrected chi connectivity index (χ3v) is 2.68. The largest absolute Gasteiger partial charge is 0.481 e. The molecule has 0 aromatic carbocycles. The van der Waals surface area contributed by atoms with Crippen LogP contribution in [-0.2, 0) is 4.79 Å². The minimum Gasteiger partial charge on any atom is -0.481 e. The van der Waals surface area contributed by atoms with Crippen LogP contribution in [0, 0.1) is 11.3 Å². The smallest absolute Gasteiger partial charge is 0.335 e. The summed E-state index contributed by atoms with van der Waals surface area (Å²) in [5, 5.41) is 11.7. The van der Waals surface area contributed by atoms with Crippen LogP contribution in [0.2, 0.25) is 0 Å². The lowest BCUT2D eigenvalue weighted by molar-refractivity contribution is -0.142.